The Balaban J connectivity index is 3.91. The van der Waals surface area contributed by atoms with E-state index in [1.807, 2.05) is 21.1 Å². The molecule has 1 N–H and O–H groups in total. The first-order valence-electron chi connectivity index (χ1n) is 34.2. The van der Waals surface area contributed by atoms with Crippen molar-refractivity contribution in [1.82, 2.24) is 0 Å². The lowest BCUT2D eigenvalue weighted by molar-refractivity contribution is -0.870. The van der Waals surface area contributed by atoms with E-state index in [1.165, 1.54) is 244 Å². The Morgan fingerprint density at radius 1 is 0.380 bits per heavy atom. The Bertz CT molecular complexity index is 1390. The molecule has 0 saturated carbocycles. The van der Waals surface area contributed by atoms with Gasteiger partial charge in [0.05, 0.1) is 34.4 Å². The minimum atomic E-state index is -1.51. The Labute approximate surface area is 490 Å². The molecule has 0 heterocycles. The highest BCUT2D eigenvalue weighted by atomic mass is 16.7. The number of quaternary nitrogens is 1. The summed E-state index contributed by atoms with van der Waals surface area (Å²) in [7, 11) is 5.97. The van der Waals surface area contributed by atoms with Crippen LogP contribution in [0.4, 0.5) is 0 Å². The van der Waals surface area contributed by atoms with E-state index in [1.54, 1.807) is 0 Å². The van der Waals surface area contributed by atoms with Gasteiger partial charge in [-0.05, 0) is 70.6 Å². The predicted octanol–water partition coefficient (Wildman–Crippen LogP) is 20.8. The van der Waals surface area contributed by atoms with Crippen molar-refractivity contribution in [2.45, 2.75) is 347 Å². The van der Waals surface area contributed by atoms with Crippen LogP contribution in [0.3, 0.4) is 0 Å². The summed E-state index contributed by atoms with van der Waals surface area (Å²) in [5.74, 6) is -2.01. The van der Waals surface area contributed by atoms with Crippen LogP contribution in [0.2, 0.25) is 0 Å². The molecule has 79 heavy (non-hydrogen) atoms. The van der Waals surface area contributed by atoms with E-state index < -0.39 is 24.3 Å². The van der Waals surface area contributed by atoms with Crippen LogP contribution < -0.4 is 0 Å². The van der Waals surface area contributed by atoms with Crippen LogP contribution in [0.1, 0.15) is 335 Å². The molecule has 0 aromatic heterocycles. The third-order valence-corrected chi connectivity index (χ3v) is 15.4. The Kier molecular flexibility index (Phi) is 59.6. The third-order valence-electron chi connectivity index (χ3n) is 15.4. The molecule has 0 rings (SSSR count). The smallest absolute Gasteiger partial charge is 0.361 e. The van der Waals surface area contributed by atoms with E-state index >= 15 is 0 Å². The molecular weight excluding hydrogens is 983 g/mol. The summed E-state index contributed by atoms with van der Waals surface area (Å²) < 4.78 is 22.9. The van der Waals surface area contributed by atoms with E-state index in [-0.39, 0.29) is 32.2 Å². The summed E-state index contributed by atoms with van der Waals surface area (Å²) in [6.07, 6.45) is 74.3. The van der Waals surface area contributed by atoms with Crippen molar-refractivity contribution >= 4 is 17.9 Å². The molecule has 464 valence electrons. The number of hydrogen-bond acceptors (Lipinski definition) is 7. The highest BCUT2D eigenvalue weighted by molar-refractivity contribution is 5.71. The maximum absolute atomic E-state index is 12.9. The number of ether oxygens (including phenoxy) is 4. The molecule has 0 aromatic carbocycles. The number of nitrogens with zero attached hydrogens (tertiary/aromatic N) is 1. The summed E-state index contributed by atoms with van der Waals surface area (Å²) in [5, 5.41) is 9.71. The van der Waals surface area contributed by atoms with Gasteiger partial charge in [0.15, 0.2) is 6.10 Å². The van der Waals surface area contributed by atoms with E-state index in [2.05, 4.69) is 50.3 Å². The number of hydrogen-bond donors (Lipinski definition) is 1. The summed E-state index contributed by atoms with van der Waals surface area (Å²) in [4.78, 5) is 37.4. The van der Waals surface area contributed by atoms with Crippen LogP contribution in [0, 0.1) is 0 Å². The van der Waals surface area contributed by atoms with Crippen molar-refractivity contribution in [1.29, 1.82) is 0 Å². The van der Waals surface area contributed by atoms with Gasteiger partial charge in [-0.3, -0.25) is 9.59 Å². The monoisotopic (exact) mass is 1110 g/mol. The second kappa shape index (κ2) is 61.6. The maximum Gasteiger partial charge on any atom is 0.361 e. The van der Waals surface area contributed by atoms with Crippen molar-refractivity contribution in [3.8, 4) is 0 Å². The van der Waals surface area contributed by atoms with Gasteiger partial charge in [-0.15, -0.1) is 0 Å². The largest absolute Gasteiger partial charge is 0.477 e. The van der Waals surface area contributed by atoms with Gasteiger partial charge in [0.2, 0.25) is 0 Å². The third kappa shape index (κ3) is 63.0. The second-order valence-electron chi connectivity index (χ2n) is 24.5. The van der Waals surface area contributed by atoms with Crippen LogP contribution in [-0.4, -0.2) is 87.4 Å². The van der Waals surface area contributed by atoms with Crippen molar-refractivity contribution in [3.63, 3.8) is 0 Å². The molecule has 0 radical (unpaired) electrons. The van der Waals surface area contributed by atoms with Gasteiger partial charge >= 0.3 is 17.9 Å². The highest BCUT2D eigenvalue weighted by Gasteiger charge is 2.25. The first kappa shape index (κ1) is 76.5. The van der Waals surface area contributed by atoms with Gasteiger partial charge in [-0.25, -0.2) is 4.79 Å². The van der Waals surface area contributed by atoms with Crippen LogP contribution in [0.15, 0.2) is 36.5 Å². The van der Waals surface area contributed by atoms with Crippen molar-refractivity contribution < 1.29 is 42.9 Å². The number of aliphatic carboxylic acids is 1. The topological polar surface area (TPSA) is 108 Å². The minimum Gasteiger partial charge on any atom is -0.477 e. The van der Waals surface area contributed by atoms with Gasteiger partial charge in [0.25, 0.3) is 6.29 Å². The Hall–Kier alpha value is -2.49. The fourth-order valence-electron chi connectivity index (χ4n) is 10.1. The zero-order chi connectivity index (χ0) is 57.6. The average molecular weight is 1120 g/mol. The molecule has 9 heteroatoms. The van der Waals surface area contributed by atoms with Crippen LogP contribution in [0.5, 0.6) is 0 Å². The van der Waals surface area contributed by atoms with Crippen LogP contribution in [0.25, 0.3) is 0 Å². The lowest BCUT2D eigenvalue weighted by Crippen LogP contribution is -2.40. The SMILES string of the molecule is CCCCC/C=C\C/C=C\CCCCCCCC(=O)OC(COC(=O)CCCCCCCCCCCCCCCCCCCCCCCCCCCCC/C=C\CCCCCCCCCC)COC(OCC[N+](C)(C)C)C(=O)O. The molecule has 0 bridgehead atoms. The van der Waals surface area contributed by atoms with E-state index in [9.17, 15) is 19.5 Å². The van der Waals surface area contributed by atoms with E-state index in [0.29, 0.717) is 23.9 Å². The van der Waals surface area contributed by atoms with Crippen molar-refractivity contribution in [2.24, 2.45) is 0 Å². The second-order valence-corrected chi connectivity index (χ2v) is 24.5. The van der Waals surface area contributed by atoms with Crippen LogP contribution in [-0.2, 0) is 33.3 Å². The summed E-state index contributed by atoms with van der Waals surface area (Å²) >= 11 is 0. The molecule has 0 aliphatic heterocycles. The molecule has 0 saturated heterocycles. The molecule has 0 spiro atoms. The van der Waals surface area contributed by atoms with Gasteiger partial charge in [0, 0.05) is 12.8 Å². The van der Waals surface area contributed by atoms with Gasteiger partial charge < -0.3 is 28.5 Å². The van der Waals surface area contributed by atoms with Gasteiger partial charge in [-0.2, -0.15) is 0 Å². The summed E-state index contributed by atoms with van der Waals surface area (Å²) in [6, 6.07) is 0. The molecule has 0 aromatic rings. The number of unbranched alkanes of at least 4 members (excludes halogenated alkanes) is 43. The maximum atomic E-state index is 12.9. The highest BCUT2D eigenvalue weighted by Crippen LogP contribution is 2.18. The fourth-order valence-corrected chi connectivity index (χ4v) is 10.1. The first-order valence-corrected chi connectivity index (χ1v) is 34.2. The number of esters is 2. The number of carboxylic acid groups (broad SMARTS) is 1. The van der Waals surface area contributed by atoms with E-state index in [4.69, 9.17) is 18.9 Å². The Morgan fingerprint density at radius 3 is 1.04 bits per heavy atom. The molecule has 0 aliphatic carbocycles. The molecule has 2 unspecified atom stereocenters. The predicted molar refractivity (Wildman–Crippen MR) is 337 cm³/mol. The molecular formula is C70H132NO8+. The van der Waals surface area contributed by atoms with E-state index in [0.717, 1.165) is 57.8 Å². The van der Waals surface area contributed by atoms with Crippen molar-refractivity contribution in [2.75, 3.05) is 47.5 Å². The lowest BCUT2D eigenvalue weighted by Gasteiger charge is -2.25. The minimum absolute atomic E-state index is 0.184. The number of carboxylic acids is 1. The normalized spacial score (nSPS) is 12.9. The summed E-state index contributed by atoms with van der Waals surface area (Å²) in [6.45, 7) is 4.87. The standard InChI is InChI=1S/C70H131NO8/c1-6-8-10-12-14-16-18-20-22-23-24-25-26-27-28-29-30-31-32-33-34-35-36-37-38-39-40-41-42-43-44-45-47-48-50-52-54-56-58-60-67(72)77-64-66(65-78-70(69(74)75)76-63-62-71(3,4)5)79-68(73)61-59-57-55-53-51-49-46-21-19-17-15-13-11-9-7-2/h15,17,21,23-24,46,66,70H,6-14,16,18-20,22,25-45,47-65H2,1-5H3/p+1/b17-15-,24-23-,46-21-. The zero-order valence-corrected chi connectivity index (χ0v) is 53.1. The van der Waals surface area contributed by atoms with Gasteiger partial charge in [0.1, 0.15) is 13.2 Å². The number of carbonyl (C=O) groups excluding carboxylic acids is 2. The number of likely N-dealkylation sites (N-methyl/N-ethyl adjacent to an activating group) is 1. The fraction of sp³-hybridized carbons (Fsp3) is 0.871. The Morgan fingerprint density at radius 2 is 0.684 bits per heavy atom. The molecule has 0 fully saturated rings. The number of carbonyl (C=O) groups is 3. The molecule has 0 aliphatic rings. The lowest BCUT2D eigenvalue weighted by atomic mass is 10.0. The number of rotatable bonds is 64. The quantitative estimate of drug-likeness (QED) is 0.0211. The first-order chi connectivity index (χ1) is 38.6. The molecule has 2 atom stereocenters. The number of allylic oxidation sites excluding steroid dienone is 6. The molecule has 9 nitrogen and oxygen atoms in total. The van der Waals surface area contributed by atoms with Crippen molar-refractivity contribution in [3.05, 3.63) is 36.5 Å². The van der Waals surface area contributed by atoms with Gasteiger partial charge in [-0.1, -0.05) is 288 Å². The van der Waals surface area contributed by atoms with Crippen LogP contribution >= 0.6 is 0 Å². The average Bonchev–Trinajstić information content (AvgIpc) is 3.42. The molecule has 0 amide bonds. The zero-order valence-electron chi connectivity index (χ0n) is 53.1. The summed E-state index contributed by atoms with van der Waals surface area (Å²) in [5.41, 5.74) is 0.